The molecule has 3 aromatic rings. The van der Waals surface area contributed by atoms with Crippen LogP contribution in [0.3, 0.4) is 0 Å². The van der Waals surface area contributed by atoms with Crippen LogP contribution >= 0.6 is 0 Å². The van der Waals surface area contributed by atoms with E-state index in [1.807, 2.05) is 12.1 Å². The number of carbonyl (C=O) groups excluding carboxylic acids is 1. The third kappa shape index (κ3) is 3.97. The molecule has 2 aliphatic rings. The fraction of sp³-hybridized carbons (Fsp3) is 0.458. The molecule has 0 radical (unpaired) electrons. The molecule has 1 saturated carbocycles. The number of hydrogen-bond acceptors (Lipinski definition) is 7. The maximum atomic E-state index is 13.1. The summed E-state index contributed by atoms with van der Waals surface area (Å²) in [5, 5.41) is 3.25. The molecule has 0 atom stereocenters. The maximum absolute atomic E-state index is 13.1. The predicted molar refractivity (Wildman–Crippen MR) is 125 cm³/mol. The van der Waals surface area contributed by atoms with Gasteiger partial charge in [0.25, 0.3) is 5.56 Å². The summed E-state index contributed by atoms with van der Waals surface area (Å²) in [6.07, 6.45) is 9.32. The number of rotatable bonds is 5. The molecule has 1 aliphatic carbocycles. The van der Waals surface area contributed by atoms with Crippen molar-refractivity contribution in [2.24, 2.45) is 0 Å². The van der Waals surface area contributed by atoms with Gasteiger partial charge < -0.3 is 10.2 Å². The van der Waals surface area contributed by atoms with Crippen LogP contribution in [0.25, 0.3) is 11.2 Å². The standard InChI is InChI=1S/C24H28N6O2/c1-16(31)21-23(32)30(19-7-3-4-8-19)22-20(27-21)15-25-24(28-22)26-17-9-11-18(12-10-17)29-13-5-2-6-14-29/h9-12,15,19H,2-8,13-14H2,1H3,(H,25,26,28). The number of anilines is 3. The van der Waals surface area contributed by atoms with Crippen LogP contribution in [-0.4, -0.2) is 38.4 Å². The maximum Gasteiger partial charge on any atom is 0.282 e. The molecule has 0 bridgehead atoms. The number of hydrogen-bond donors (Lipinski definition) is 1. The number of piperidine rings is 1. The van der Waals surface area contributed by atoms with Gasteiger partial charge in [-0.25, -0.2) is 9.97 Å². The molecule has 0 amide bonds. The van der Waals surface area contributed by atoms with Crippen LogP contribution in [0.15, 0.2) is 35.3 Å². The number of nitrogens with one attached hydrogen (secondary N) is 1. The molecule has 1 aliphatic heterocycles. The highest BCUT2D eigenvalue weighted by Gasteiger charge is 2.24. The van der Waals surface area contributed by atoms with E-state index in [1.165, 1.54) is 31.9 Å². The summed E-state index contributed by atoms with van der Waals surface area (Å²) in [6, 6.07) is 8.32. The third-order valence-electron chi connectivity index (χ3n) is 6.50. The SMILES string of the molecule is CC(=O)c1nc2cnc(Nc3ccc(N4CCCCC4)cc3)nc2n(C2CCCC2)c1=O. The molecule has 3 heterocycles. The van der Waals surface area contributed by atoms with Crippen molar-refractivity contribution in [1.29, 1.82) is 0 Å². The number of fused-ring (bicyclic) bond motifs is 1. The van der Waals surface area contributed by atoms with Crippen molar-refractivity contribution in [2.45, 2.75) is 57.9 Å². The van der Waals surface area contributed by atoms with Gasteiger partial charge in [-0.1, -0.05) is 12.8 Å². The van der Waals surface area contributed by atoms with Crippen LogP contribution in [-0.2, 0) is 0 Å². The Kier molecular flexibility index (Phi) is 5.59. The largest absolute Gasteiger partial charge is 0.372 e. The predicted octanol–water partition coefficient (Wildman–Crippen LogP) is 4.24. The second kappa shape index (κ2) is 8.68. The van der Waals surface area contributed by atoms with E-state index < -0.39 is 0 Å². The van der Waals surface area contributed by atoms with Gasteiger partial charge in [0.05, 0.1) is 6.20 Å². The van der Waals surface area contributed by atoms with Gasteiger partial charge in [-0.15, -0.1) is 0 Å². The van der Waals surface area contributed by atoms with Crippen LogP contribution in [0, 0.1) is 0 Å². The van der Waals surface area contributed by atoms with Crippen molar-refractivity contribution in [1.82, 2.24) is 19.5 Å². The Morgan fingerprint density at radius 2 is 1.72 bits per heavy atom. The summed E-state index contributed by atoms with van der Waals surface area (Å²) in [5.41, 5.74) is 2.66. The van der Waals surface area contributed by atoms with Crippen LogP contribution in [0.5, 0.6) is 0 Å². The number of ketones is 1. The van der Waals surface area contributed by atoms with Crippen LogP contribution in [0.1, 0.15) is 68.4 Å². The lowest BCUT2D eigenvalue weighted by molar-refractivity contribution is 0.101. The molecule has 166 valence electrons. The Balaban J connectivity index is 1.47. The molecule has 2 aromatic heterocycles. The number of aromatic nitrogens is 4. The molecule has 0 spiro atoms. The van der Waals surface area contributed by atoms with E-state index in [0.717, 1.165) is 44.5 Å². The summed E-state index contributed by atoms with van der Waals surface area (Å²) in [7, 11) is 0. The van der Waals surface area contributed by atoms with Gasteiger partial charge >= 0.3 is 0 Å². The first-order valence-corrected chi connectivity index (χ1v) is 11.5. The second-order valence-corrected chi connectivity index (χ2v) is 8.75. The molecule has 2 fully saturated rings. The minimum absolute atomic E-state index is 0.0395. The van der Waals surface area contributed by atoms with Gasteiger partial charge in [-0.05, 0) is 56.4 Å². The van der Waals surface area contributed by atoms with E-state index in [4.69, 9.17) is 0 Å². The van der Waals surface area contributed by atoms with Gasteiger partial charge in [0, 0.05) is 37.4 Å². The Morgan fingerprint density at radius 3 is 2.41 bits per heavy atom. The molecule has 8 heteroatoms. The van der Waals surface area contributed by atoms with Gasteiger partial charge in [0.2, 0.25) is 5.95 Å². The van der Waals surface area contributed by atoms with Crippen molar-refractivity contribution in [2.75, 3.05) is 23.3 Å². The Morgan fingerprint density at radius 1 is 1.00 bits per heavy atom. The summed E-state index contributed by atoms with van der Waals surface area (Å²) in [5.74, 6) is 0.0754. The summed E-state index contributed by atoms with van der Waals surface area (Å²) in [4.78, 5) is 40.8. The van der Waals surface area contributed by atoms with Gasteiger partial charge in [0.1, 0.15) is 5.52 Å². The molecule has 1 aromatic carbocycles. The highest BCUT2D eigenvalue weighted by Crippen LogP contribution is 2.30. The minimum atomic E-state index is -0.354. The molecule has 1 saturated heterocycles. The minimum Gasteiger partial charge on any atom is -0.372 e. The third-order valence-corrected chi connectivity index (χ3v) is 6.50. The molecular weight excluding hydrogens is 404 g/mol. The first-order chi connectivity index (χ1) is 15.6. The van der Waals surface area contributed by atoms with Gasteiger partial charge in [-0.2, -0.15) is 4.98 Å². The van der Waals surface area contributed by atoms with E-state index >= 15 is 0 Å². The highest BCUT2D eigenvalue weighted by atomic mass is 16.1. The summed E-state index contributed by atoms with van der Waals surface area (Å²) < 4.78 is 1.67. The zero-order chi connectivity index (χ0) is 22.1. The molecule has 1 N–H and O–H groups in total. The Labute approximate surface area is 186 Å². The normalized spacial score (nSPS) is 17.1. The highest BCUT2D eigenvalue weighted by molar-refractivity contribution is 5.93. The van der Waals surface area contributed by atoms with E-state index in [0.29, 0.717) is 17.1 Å². The molecule has 8 nitrogen and oxygen atoms in total. The molecule has 5 rings (SSSR count). The zero-order valence-electron chi connectivity index (χ0n) is 18.4. The van der Waals surface area contributed by atoms with E-state index in [1.54, 1.807) is 10.8 Å². The Hall–Kier alpha value is -3.29. The van der Waals surface area contributed by atoms with Gasteiger partial charge in [0.15, 0.2) is 17.1 Å². The van der Waals surface area contributed by atoms with Gasteiger partial charge in [-0.3, -0.25) is 14.2 Å². The average Bonchev–Trinajstić information content (AvgIpc) is 3.34. The smallest absolute Gasteiger partial charge is 0.282 e. The molecule has 32 heavy (non-hydrogen) atoms. The quantitative estimate of drug-likeness (QED) is 0.603. The molecule has 0 unspecified atom stereocenters. The van der Waals surface area contributed by atoms with Crippen LogP contribution < -0.4 is 15.8 Å². The number of benzene rings is 1. The van der Waals surface area contributed by atoms with Crippen molar-refractivity contribution >= 4 is 34.3 Å². The number of Topliss-reactive ketones (excluding diaryl/α,β-unsaturated/α-hetero) is 1. The lowest BCUT2D eigenvalue weighted by Crippen LogP contribution is -2.30. The van der Waals surface area contributed by atoms with E-state index in [2.05, 4.69) is 37.3 Å². The zero-order valence-corrected chi connectivity index (χ0v) is 18.4. The topological polar surface area (TPSA) is 93.0 Å². The fourth-order valence-corrected chi connectivity index (χ4v) is 4.83. The van der Waals surface area contributed by atoms with Crippen molar-refractivity contribution in [3.8, 4) is 0 Å². The number of nitrogens with zero attached hydrogens (tertiary/aromatic N) is 5. The summed E-state index contributed by atoms with van der Waals surface area (Å²) >= 11 is 0. The lowest BCUT2D eigenvalue weighted by Gasteiger charge is -2.28. The molecular formula is C24H28N6O2. The second-order valence-electron chi connectivity index (χ2n) is 8.75. The Bertz CT molecular complexity index is 1190. The van der Waals surface area contributed by atoms with Crippen molar-refractivity contribution in [3.63, 3.8) is 0 Å². The van der Waals surface area contributed by atoms with E-state index in [9.17, 15) is 9.59 Å². The lowest BCUT2D eigenvalue weighted by atomic mass is 10.1. The average molecular weight is 433 g/mol. The van der Waals surface area contributed by atoms with Crippen molar-refractivity contribution < 1.29 is 4.79 Å². The monoisotopic (exact) mass is 432 g/mol. The fourth-order valence-electron chi connectivity index (χ4n) is 4.83. The van der Waals surface area contributed by atoms with E-state index in [-0.39, 0.29) is 23.1 Å². The van der Waals surface area contributed by atoms with Crippen LogP contribution in [0.4, 0.5) is 17.3 Å². The summed E-state index contributed by atoms with van der Waals surface area (Å²) in [6.45, 7) is 3.59. The number of carbonyl (C=O) groups is 1. The van der Waals surface area contributed by atoms with Crippen molar-refractivity contribution in [3.05, 3.63) is 46.5 Å². The first kappa shape index (κ1) is 20.6. The van der Waals surface area contributed by atoms with Crippen LogP contribution in [0.2, 0.25) is 0 Å². The first-order valence-electron chi connectivity index (χ1n) is 11.5.